The molecular formula is C16H25N3OS. The number of rotatable bonds is 4. The molecule has 2 aliphatic rings. The normalized spacial score (nSPS) is 23.6. The molecule has 21 heavy (non-hydrogen) atoms. The largest absolute Gasteiger partial charge is 0.397 e. The van der Waals surface area contributed by atoms with Crippen LogP contribution in [0.15, 0.2) is 11.4 Å². The lowest BCUT2D eigenvalue weighted by molar-refractivity contribution is 0.0594. The van der Waals surface area contributed by atoms with Gasteiger partial charge >= 0.3 is 0 Å². The number of hydrogen-bond acceptors (Lipinski definition) is 4. The molecule has 1 aromatic heterocycles. The van der Waals surface area contributed by atoms with Gasteiger partial charge in [-0.1, -0.05) is 0 Å². The molecule has 0 radical (unpaired) electrons. The van der Waals surface area contributed by atoms with E-state index in [9.17, 15) is 4.79 Å². The number of nitrogens with two attached hydrogens (primary N) is 1. The number of hydrogen-bond donors (Lipinski definition) is 1. The molecule has 3 heterocycles. The monoisotopic (exact) mass is 307 g/mol. The van der Waals surface area contributed by atoms with Crippen molar-refractivity contribution in [2.45, 2.75) is 44.6 Å². The van der Waals surface area contributed by atoms with E-state index in [0.29, 0.717) is 11.7 Å². The molecule has 0 unspecified atom stereocenters. The predicted molar refractivity (Wildman–Crippen MR) is 87.7 cm³/mol. The highest BCUT2D eigenvalue weighted by Gasteiger charge is 2.29. The van der Waals surface area contributed by atoms with Gasteiger partial charge in [-0.15, -0.1) is 11.3 Å². The van der Waals surface area contributed by atoms with Crippen LogP contribution in [0.4, 0.5) is 5.69 Å². The molecule has 5 heteroatoms. The first kappa shape index (κ1) is 14.9. The number of likely N-dealkylation sites (tertiary alicyclic amines) is 2. The van der Waals surface area contributed by atoms with E-state index >= 15 is 0 Å². The summed E-state index contributed by atoms with van der Waals surface area (Å²) >= 11 is 1.47. The standard InChI is InChI=1S/C16H25N3OS/c17-14-7-12-21-15(14)16(20)19-10-2-1-5-13(19)6-11-18-8-3-4-9-18/h7,12-13H,1-6,8-11,17H2/t13-/m1/s1. The van der Waals surface area contributed by atoms with Crippen molar-refractivity contribution in [2.24, 2.45) is 0 Å². The maximum atomic E-state index is 12.7. The summed E-state index contributed by atoms with van der Waals surface area (Å²) in [7, 11) is 0. The van der Waals surface area contributed by atoms with E-state index in [0.717, 1.165) is 37.2 Å². The Labute approximate surface area is 130 Å². The molecule has 0 spiro atoms. The number of thiophene rings is 1. The maximum Gasteiger partial charge on any atom is 0.266 e. The maximum absolute atomic E-state index is 12.7. The van der Waals surface area contributed by atoms with Crippen LogP contribution in [-0.4, -0.2) is 47.9 Å². The topological polar surface area (TPSA) is 49.6 Å². The van der Waals surface area contributed by atoms with E-state index in [4.69, 9.17) is 5.73 Å². The third-order valence-electron chi connectivity index (χ3n) is 4.76. The fourth-order valence-electron chi connectivity index (χ4n) is 3.53. The van der Waals surface area contributed by atoms with Crippen molar-refractivity contribution < 1.29 is 4.79 Å². The van der Waals surface area contributed by atoms with Gasteiger partial charge in [0.25, 0.3) is 5.91 Å². The third kappa shape index (κ3) is 3.40. The lowest BCUT2D eigenvalue weighted by Crippen LogP contribution is -2.45. The van der Waals surface area contributed by atoms with Crippen molar-refractivity contribution >= 4 is 22.9 Å². The van der Waals surface area contributed by atoms with Crippen LogP contribution in [0.3, 0.4) is 0 Å². The summed E-state index contributed by atoms with van der Waals surface area (Å²) in [5.74, 6) is 0.147. The fraction of sp³-hybridized carbons (Fsp3) is 0.688. The highest BCUT2D eigenvalue weighted by atomic mass is 32.1. The van der Waals surface area contributed by atoms with Gasteiger partial charge in [-0.05, 0) is 63.1 Å². The Morgan fingerprint density at radius 2 is 2.00 bits per heavy atom. The zero-order valence-corrected chi connectivity index (χ0v) is 13.4. The second kappa shape index (κ2) is 6.79. The summed E-state index contributed by atoms with van der Waals surface area (Å²) in [4.78, 5) is 18.1. The summed E-state index contributed by atoms with van der Waals surface area (Å²) in [5.41, 5.74) is 6.55. The van der Waals surface area contributed by atoms with Crippen LogP contribution in [0.5, 0.6) is 0 Å². The lowest BCUT2D eigenvalue weighted by atomic mass is 9.98. The summed E-state index contributed by atoms with van der Waals surface area (Å²) in [6.07, 6.45) is 7.28. The van der Waals surface area contributed by atoms with Crippen LogP contribution in [0.2, 0.25) is 0 Å². The quantitative estimate of drug-likeness (QED) is 0.930. The molecule has 1 aromatic rings. The molecule has 0 saturated carbocycles. The summed E-state index contributed by atoms with van der Waals surface area (Å²) in [6.45, 7) is 4.49. The molecule has 0 aliphatic carbocycles. The zero-order chi connectivity index (χ0) is 14.7. The van der Waals surface area contributed by atoms with Crippen LogP contribution in [-0.2, 0) is 0 Å². The molecule has 2 N–H and O–H groups in total. The van der Waals surface area contributed by atoms with Crippen LogP contribution in [0.1, 0.15) is 48.2 Å². The van der Waals surface area contributed by atoms with Gasteiger partial charge in [-0.25, -0.2) is 0 Å². The minimum atomic E-state index is 0.147. The summed E-state index contributed by atoms with van der Waals surface area (Å²) < 4.78 is 0. The van der Waals surface area contributed by atoms with Gasteiger partial charge in [-0.2, -0.15) is 0 Å². The van der Waals surface area contributed by atoms with E-state index < -0.39 is 0 Å². The van der Waals surface area contributed by atoms with Crippen molar-refractivity contribution in [2.75, 3.05) is 31.9 Å². The van der Waals surface area contributed by atoms with Crippen molar-refractivity contribution in [1.82, 2.24) is 9.80 Å². The second-order valence-corrected chi connectivity index (χ2v) is 7.11. The molecule has 2 saturated heterocycles. The van der Waals surface area contributed by atoms with E-state index in [1.54, 1.807) is 0 Å². The molecule has 3 rings (SSSR count). The fourth-order valence-corrected chi connectivity index (χ4v) is 4.30. The summed E-state index contributed by atoms with van der Waals surface area (Å²) in [5, 5.41) is 1.91. The Morgan fingerprint density at radius 1 is 1.24 bits per heavy atom. The first-order valence-corrected chi connectivity index (χ1v) is 9.00. The molecule has 0 aromatic carbocycles. The van der Waals surface area contributed by atoms with Gasteiger partial charge in [0.2, 0.25) is 0 Å². The number of anilines is 1. The number of piperidine rings is 1. The van der Waals surface area contributed by atoms with E-state index in [-0.39, 0.29) is 5.91 Å². The molecule has 2 fully saturated rings. The van der Waals surface area contributed by atoms with Crippen molar-refractivity contribution in [3.63, 3.8) is 0 Å². The van der Waals surface area contributed by atoms with E-state index in [2.05, 4.69) is 9.80 Å². The smallest absolute Gasteiger partial charge is 0.266 e. The van der Waals surface area contributed by atoms with Gasteiger partial charge in [0.1, 0.15) is 4.88 Å². The molecule has 2 aliphatic heterocycles. The van der Waals surface area contributed by atoms with Crippen molar-refractivity contribution in [3.8, 4) is 0 Å². The lowest BCUT2D eigenvalue weighted by Gasteiger charge is -2.36. The Morgan fingerprint density at radius 3 is 2.71 bits per heavy atom. The first-order valence-electron chi connectivity index (χ1n) is 8.12. The second-order valence-electron chi connectivity index (χ2n) is 6.19. The molecule has 0 bridgehead atoms. The Bertz CT molecular complexity index is 482. The van der Waals surface area contributed by atoms with Gasteiger partial charge in [0, 0.05) is 19.1 Å². The minimum absolute atomic E-state index is 0.147. The van der Waals surface area contributed by atoms with Gasteiger partial charge in [-0.3, -0.25) is 4.79 Å². The van der Waals surface area contributed by atoms with E-state index in [1.165, 1.54) is 43.7 Å². The summed E-state index contributed by atoms with van der Waals surface area (Å²) in [6, 6.07) is 2.23. The van der Waals surface area contributed by atoms with Gasteiger partial charge < -0.3 is 15.5 Å². The third-order valence-corrected chi connectivity index (χ3v) is 5.67. The number of carbonyl (C=O) groups excluding carboxylic acids is 1. The molecule has 1 atom stereocenters. The number of nitrogen functional groups attached to an aromatic ring is 1. The Balaban J connectivity index is 1.63. The highest BCUT2D eigenvalue weighted by molar-refractivity contribution is 7.12. The number of carbonyl (C=O) groups is 1. The molecule has 4 nitrogen and oxygen atoms in total. The first-order chi connectivity index (χ1) is 10.3. The average molecular weight is 307 g/mol. The van der Waals surface area contributed by atoms with Gasteiger partial charge in [0.15, 0.2) is 0 Å². The average Bonchev–Trinajstić information content (AvgIpc) is 3.16. The molecule has 1 amide bonds. The van der Waals surface area contributed by atoms with Crippen LogP contribution in [0.25, 0.3) is 0 Å². The molecular weight excluding hydrogens is 282 g/mol. The van der Waals surface area contributed by atoms with Crippen LogP contribution >= 0.6 is 11.3 Å². The van der Waals surface area contributed by atoms with Gasteiger partial charge in [0.05, 0.1) is 5.69 Å². The Kier molecular flexibility index (Phi) is 4.80. The predicted octanol–water partition coefficient (Wildman–Crippen LogP) is 2.81. The minimum Gasteiger partial charge on any atom is -0.397 e. The van der Waals surface area contributed by atoms with Crippen molar-refractivity contribution in [3.05, 3.63) is 16.3 Å². The Hall–Kier alpha value is -1.07. The van der Waals surface area contributed by atoms with E-state index in [1.807, 2.05) is 11.4 Å². The highest BCUT2D eigenvalue weighted by Crippen LogP contribution is 2.27. The molecule has 116 valence electrons. The van der Waals surface area contributed by atoms with Crippen LogP contribution < -0.4 is 5.73 Å². The number of amides is 1. The van der Waals surface area contributed by atoms with Crippen molar-refractivity contribution in [1.29, 1.82) is 0 Å². The van der Waals surface area contributed by atoms with Crippen LogP contribution in [0, 0.1) is 0 Å². The SMILES string of the molecule is Nc1ccsc1C(=O)N1CCCC[C@@H]1CCN1CCCC1. The zero-order valence-electron chi connectivity index (χ0n) is 12.6. The number of nitrogens with zero attached hydrogens (tertiary/aromatic N) is 2.